The van der Waals surface area contributed by atoms with Crippen molar-refractivity contribution in [3.8, 4) is 0 Å². The number of rotatable bonds is 6. The highest BCUT2D eigenvalue weighted by atomic mass is 127. The van der Waals surface area contributed by atoms with Crippen LogP contribution in [0.2, 0.25) is 0 Å². The van der Waals surface area contributed by atoms with Gasteiger partial charge in [-0.2, -0.15) is 0 Å². The Labute approximate surface area is 80.6 Å². The third-order valence-electron chi connectivity index (χ3n) is 1.10. The van der Waals surface area contributed by atoms with E-state index in [1.165, 1.54) is 7.11 Å². The van der Waals surface area contributed by atoms with Gasteiger partial charge in [-0.3, -0.25) is 4.79 Å². The molecule has 0 saturated heterocycles. The molecule has 0 fully saturated rings. The lowest BCUT2D eigenvalue weighted by Gasteiger charge is -2.00. The maximum Gasteiger partial charge on any atom is 0.307 e. The maximum absolute atomic E-state index is 10.5. The van der Waals surface area contributed by atoms with Crippen molar-refractivity contribution in [1.29, 1.82) is 0 Å². The van der Waals surface area contributed by atoms with Crippen LogP contribution in [0, 0.1) is 0 Å². The molecule has 0 amide bonds. The molecule has 0 aliphatic heterocycles. The largest absolute Gasteiger partial charge is 0.469 e. The van der Waals surface area contributed by atoms with Crippen molar-refractivity contribution < 1.29 is 14.3 Å². The Hall–Kier alpha value is 0.160. The number of hydrogen-bond acceptors (Lipinski definition) is 3. The number of ether oxygens (including phenoxy) is 2. The van der Waals surface area contributed by atoms with Crippen LogP contribution in [0.5, 0.6) is 0 Å². The van der Waals surface area contributed by atoms with Gasteiger partial charge in [0.1, 0.15) is 0 Å². The summed E-state index contributed by atoms with van der Waals surface area (Å²) in [5.41, 5.74) is 0. The van der Waals surface area contributed by atoms with E-state index in [0.29, 0.717) is 13.0 Å². The molecule has 0 aromatic heterocycles. The SMILES string of the molecule is COC(=O)CCOCCCI. The monoisotopic (exact) mass is 272 g/mol. The first kappa shape index (κ1) is 11.2. The Balaban J connectivity index is 2.95. The molecule has 11 heavy (non-hydrogen) atoms. The second-order valence-electron chi connectivity index (χ2n) is 1.98. The molecule has 0 atom stereocenters. The van der Waals surface area contributed by atoms with Gasteiger partial charge in [0.15, 0.2) is 0 Å². The molecule has 66 valence electrons. The van der Waals surface area contributed by atoms with Gasteiger partial charge in [-0.25, -0.2) is 0 Å². The Bertz CT molecular complexity index is 106. The van der Waals surface area contributed by atoms with E-state index in [9.17, 15) is 4.79 Å². The predicted molar refractivity (Wildman–Crippen MR) is 51.0 cm³/mol. The summed E-state index contributed by atoms with van der Waals surface area (Å²) < 4.78 is 10.7. The van der Waals surface area contributed by atoms with Crippen molar-refractivity contribution in [2.45, 2.75) is 12.8 Å². The first-order valence-electron chi connectivity index (χ1n) is 3.51. The molecule has 0 unspecified atom stereocenters. The summed E-state index contributed by atoms with van der Waals surface area (Å²) in [6, 6.07) is 0. The first-order chi connectivity index (χ1) is 5.31. The van der Waals surface area contributed by atoms with Gasteiger partial charge >= 0.3 is 5.97 Å². The van der Waals surface area contributed by atoms with Crippen LogP contribution in [0.4, 0.5) is 0 Å². The fraction of sp³-hybridized carbons (Fsp3) is 0.857. The average molecular weight is 272 g/mol. The second kappa shape index (κ2) is 8.26. The van der Waals surface area contributed by atoms with Gasteiger partial charge in [-0.15, -0.1) is 0 Å². The highest BCUT2D eigenvalue weighted by Crippen LogP contribution is 1.91. The fourth-order valence-electron chi connectivity index (χ4n) is 0.516. The van der Waals surface area contributed by atoms with Crippen LogP contribution < -0.4 is 0 Å². The van der Waals surface area contributed by atoms with E-state index in [-0.39, 0.29) is 5.97 Å². The molecule has 4 heteroatoms. The Morgan fingerprint density at radius 1 is 1.45 bits per heavy atom. The minimum Gasteiger partial charge on any atom is -0.469 e. The van der Waals surface area contributed by atoms with E-state index >= 15 is 0 Å². The molecule has 0 bridgehead atoms. The highest BCUT2D eigenvalue weighted by Gasteiger charge is 1.97. The highest BCUT2D eigenvalue weighted by molar-refractivity contribution is 14.1. The molecule has 0 radical (unpaired) electrons. The van der Waals surface area contributed by atoms with Crippen molar-refractivity contribution in [2.75, 3.05) is 24.8 Å². The quantitative estimate of drug-likeness (QED) is 0.317. The smallest absolute Gasteiger partial charge is 0.307 e. The molecule has 0 aromatic carbocycles. The van der Waals surface area contributed by atoms with Gasteiger partial charge in [0.2, 0.25) is 0 Å². The number of alkyl halides is 1. The van der Waals surface area contributed by atoms with Gasteiger partial charge in [0.25, 0.3) is 0 Å². The molecule has 0 rings (SSSR count). The first-order valence-corrected chi connectivity index (χ1v) is 5.04. The van der Waals surface area contributed by atoms with E-state index in [2.05, 4.69) is 27.3 Å². The number of hydrogen-bond donors (Lipinski definition) is 0. The molecule has 0 aliphatic rings. The summed E-state index contributed by atoms with van der Waals surface area (Å²) in [4.78, 5) is 10.5. The van der Waals surface area contributed by atoms with Crippen LogP contribution in [0.1, 0.15) is 12.8 Å². The summed E-state index contributed by atoms with van der Waals surface area (Å²) in [6.45, 7) is 1.21. The number of carbonyl (C=O) groups excluding carboxylic acids is 1. The number of carbonyl (C=O) groups is 1. The van der Waals surface area contributed by atoms with E-state index in [1.807, 2.05) is 0 Å². The lowest BCUT2D eigenvalue weighted by molar-refractivity contribution is -0.141. The van der Waals surface area contributed by atoms with Crippen LogP contribution in [0.3, 0.4) is 0 Å². The lowest BCUT2D eigenvalue weighted by Crippen LogP contribution is -2.06. The van der Waals surface area contributed by atoms with Gasteiger partial charge in [-0.1, -0.05) is 22.6 Å². The molecular formula is C7H13IO3. The van der Waals surface area contributed by atoms with Gasteiger partial charge < -0.3 is 9.47 Å². The van der Waals surface area contributed by atoms with Gasteiger partial charge in [0, 0.05) is 11.0 Å². The van der Waals surface area contributed by atoms with Crippen LogP contribution in [-0.4, -0.2) is 30.7 Å². The normalized spacial score (nSPS) is 9.64. The van der Waals surface area contributed by atoms with Crippen molar-refractivity contribution in [1.82, 2.24) is 0 Å². The van der Waals surface area contributed by atoms with Crippen molar-refractivity contribution in [2.24, 2.45) is 0 Å². The topological polar surface area (TPSA) is 35.5 Å². The zero-order valence-corrected chi connectivity index (χ0v) is 8.80. The number of esters is 1. The predicted octanol–water partition coefficient (Wildman–Crippen LogP) is 1.39. The van der Waals surface area contributed by atoms with Crippen molar-refractivity contribution in [3.05, 3.63) is 0 Å². The van der Waals surface area contributed by atoms with E-state index < -0.39 is 0 Å². The minimum absolute atomic E-state index is 0.209. The third-order valence-corrected chi connectivity index (χ3v) is 1.86. The van der Waals surface area contributed by atoms with Crippen LogP contribution in [0.25, 0.3) is 0 Å². The summed E-state index contributed by atoms with van der Waals surface area (Å²) in [5.74, 6) is -0.209. The Morgan fingerprint density at radius 2 is 2.18 bits per heavy atom. The zero-order valence-electron chi connectivity index (χ0n) is 6.64. The van der Waals surface area contributed by atoms with Crippen molar-refractivity contribution >= 4 is 28.6 Å². The standard InChI is InChI=1S/C7H13IO3/c1-10-7(9)3-6-11-5-2-4-8/h2-6H2,1H3. The maximum atomic E-state index is 10.5. The van der Waals surface area contributed by atoms with E-state index in [0.717, 1.165) is 17.5 Å². The molecule has 0 heterocycles. The minimum atomic E-state index is -0.209. The Morgan fingerprint density at radius 3 is 2.73 bits per heavy atom. The lowest BCUT2D eigenvalue weighted by atomic mass is 10.4. The fourth-order valence-corrected chi connectivity index (χ4v) is 0.828. The Kier molecular flexibility index (Phi) is 8.38. The van der Waals surface area contributed by atoms with Crippen LogP contribution in [0.15, 0.2) is 0 Å². The number of halogens is 1. The van der Waals surface area contributed by atoms with Crippen LogP contribution in [-0.2, 0) is 14.3 Å². The molecule has 0 spiro atoms. The summed E-state index contributed by atoms with van der Waals surface area (Å²) in [7, 11) is 1.38. The summed E-state index contributed by atoms with van der Waals surface area (Å²) in [5, 5.41) is 0. The third kappa shape index (κ3) is 8.06. The van der Waals surface area contributed by atoms with Crippen molar-refractivity contribution in [3.63, 3.8) is 0 Å². The van der Waals surface area contributed by atoms with Gasteiger partial charge in [0.05, 0.1) is 20.1 Å². The zero-order chi connectivity index (χ0) is 8.53. The van der Waals surface area contributed by atoms with E-state index in [4.69, 9.17) is 4.74 Å². The van der Waals surface area contributed by atoms with E-state index in [1.54, 1.807) is 0 Å². The average Bonchev–Trinajstić information content (AvgIpc) is 2.04. The molecule has 3 nitrogen and oxygen atoms in total. The number of methoxy groups -OCH3 is 1. The second-order valence-corrected chi connectivity index (χ2v) is 3.06. The summed E-state index contributed by atoms with van der Waals surface area (Å²) >= 11 is 2.29. The summed E-state index contributed by atoms with van der Waals surface area (Å²) in [6.07, 6.45) is 1.40. The molecule has 0 aromatic rings. The van der Waals surface area contributed by atoms with Crippen LogP contribution >= 0.6 is 22.6 Å². The van der Waals surface area contributed by atoms with Gasteiger partial charge in [-0.05, 0) is 6.42 Å². The molecule has 0 aliphatic carbocycles. The molecular weight excluding hydrogens is 259 g/mol. The molecule has 0 saturated carbocycles. The molecule has 0 N–H and O–H groups in total.